The maximum atomic E-state index is 6.76. The van der Waals surface area contributed by atoms with Gasteiger partial charge in [-0.3, -0.25) is 0 Å². The summed E-state index contributed by atoms with van der Waals surface area (Å²) in [6, 6.07) is 70.4. The second-order valence-electron chi connectivity index (χ2n) is 15.3. The summed E-state index contributed by atoms with van der Waals surface area (Å²) >= 11 is 0. The monoisotopic (exact) mass is 794 g/mol. The maximum Gasteiger partial charge on any atom is 0.180 e. The van der Waals surface area contributed by atoms with Crippen LogP contribution in [-0.2, 0) is 0 Å². The summed E-state index contributed by atoms with van der Waals surface area (Å²) in [6.07, 6.45) is 0. The van der Waals surface area contributed by atoms with Gasteiger partial charge >= 0.3 is 0 Å². The molecule has 0 atom stereocenters. The second-order valence-corrected chi connectivity index (χ2v) is 15.3. The Balaban J connectivity index is 0.991. The first-order valence-electron chi connectivity index (χ1n) is 20.6. The third-order valence-corrected chi connectivity index (χ3v) is 11.6. The van der Waals surface area contributed by atoms with Gasteiger partial charge < -0.3 is 8.83 Å². The molecule has 0 unspecified atom stereocenters. The molecule has 0 N–H and O–H groups in total. The van der Waals surface area contributed by atoms with Crippen LogP contribution >= 0.6 is 0 Å². The number of nitrogens with zero attached hydrogens (tertiary/aromatic N) is 4. The number of rotatable bonds is 7. The van der Waals surface area contributed by atoms with Crippen molar-refractivity contribution in [3.05, 3.63) is 206 Å². The lowest BCUT2D eigenvalue weighted by Crippen LogP contribution is -1.95. The van der Waals surface area contributed by atoms with Crippen molar-refractivity contribution in [2.24, 2.45) is 0 Å². The lowest BCUT2D eigenvalue weighted by Gasteiger charge is -2.12. The highest BCUT2D eigenvalue weighted by molar-refractivity contribution is 6.09. The van der Waals surface area contributed by atoms with E-state index in [2.05, 4.69) is 127 Å². The first-order valence-corrected chi connectivity index (χ1v) is 20.6. The van der Waals surface area contributed by atoms with Crippen molar-refractivity contribution < 1.29 is 8.83 Å². The minimum atomic E-state index is 0.647. The number of hydrogen-bond donors (Lipinski definition) is 0. The number of para-hydroxylation sites is 1. The molecule has 290 valence electrons. The third-order valence-electron chi connectivity index (χ3n) is 11.6. The van der Waals surface area contributed by atoms with E-state index in [1.54, 1.807) is 0 Å². The summed E-state index contributed by atoms with van der Waals surface area (Å²) in [6.45, 7) is 0. The molecule has 0 aliphatic heterocycles. The fourth-order valence-corrected chi connectivity index (χ4v) is 8.58. The van der Waals surface area contributed by atoms with E-state index in [0.29, 0.717) is 22.8 Å². The molecular weight excluding hydrogens is 761 g/mol. The van der Waals surface area contributed by atoms with Crippen LogP contribution in [0.25, 0.3) is 123 Å². The van der Waals surface area contributed by atoms with Gasteiger partial charge in [0.05, 0.1) is 0 Å². The van der Waals surface area contributed by atoms with Gasteiger partial charge in [0.2, 0.25) is 0 Å². The normalized spacial score (nSPS) is 11.5. The van der Waals surface area contributed by atoms with Gasteiger partial charge in [-0.25, -0.2) is 19.9 Å². The van der Waals surface area contributed by atoms with Crippen LogP contribution in [0.15, 0.2) is 215 Å². The number of benzene rings is 8. The average molecular weight is 795 g/mol. The van der Waals surface area contributed by atoms with Gasteiger partial charge in [-0.1, -0.05) is 176 Å². The predicted molar refractivity (Wildman–Crippen MR) is 250 cm³/mol. The molecule has 6 heteroatoms. The Kier molecular flexibility index (Phi) is 8.38. The van der Waals surface area contributed by atoms with E-state index in [9.17, 15) is 0 Å². The van der Waals surface area contributed by atoms with Gasteiger partial charge in [0.1, 0.15) is 33.6 Å². The fourth-order valence-electron chi connectivity index (χ4n) is 8.58. The lowest BCUT2D eigenvalue weighted by atomic mass is 9.94. The zero-order valence-corrected chi connectivity index (χ0v) is 33.2. The largest absolute Gasteiger partial charge is 0.452 e. The molecule has 0 spiro atoms. The van der Waals surface area contributed by atoms with E-state index >= 15 is 0 Å². The highest BCUT2D eigenvalue weighted by Crippen LogP contribution is 2.42. The standard InChI is InChI=1S/C56H34N4O2/c1-4-17-35(18-5-1)41-25-11-13-28-44(41)56-57-49(36-19-6-2-7-20-36)53-52(60-56)46-32-31-39(34-48(46)62-53)38-23-16-24-40(33-38)42-26-10-12-27-43(42)50-54-51(45-29-14-15-30-47(45)61-54)59-55(58-50)37-21-8-3-9-22-37/h1-34H. The molecule has 4 heterocycles. The number of furan rings is 2. The molecule has 4 aromatic heterocycles. The first kappa shape index (κ1) is 35.5. The van der Waals surface area contributed by atoms with Crippen LogP contribution in [-0.4, -0.2) is 19.9 Å². The van der Waals surface area contributed by atoms with Crippen LogP contribution in [0.4, 0.5) is 0 Å². The summed E-state index contributed by atoms with van der Waals surface area (Å²) in [5.74, 6) is 1.29. The van der Waals surface area contributed by atoms with Gasteiger partial charge in [-0.2, -0.15) is 0 Å². The highest BCUT2D eigenvalue weighted by atomic mass is 16.3. The van der Waals surface area contributed by atoms with Crippen LogP contribution in [0, 0.1) is 0 Å². The van der Waals surface area contributed by atoms with Gasteiger partial charge in [0, 0.05) is 33.0 Å². The van der Waals surface area contributed by atoms with Crippen molar-refractivity contribution in [1.82, 2.24) is 19.9 Å². The van der Waals surface area contributed by atoms with Gasteiger partial charge in [-0.15, -0.1) is 0 Å². The molecule has 0 amide bonds. The molecule has 0 saturated heterocycles. The minimum absolute atomic E-state index is 0.647. The molecule has 12 aromatic rings. The molecule has 12 rings (SSSR count). The molecule has 0 aliphatic rings. The Morgan fingerprint density at radius 1 is 0.274 bits per heavy atom. The Bertz CT molecular complexity index is 3630. The third kappa shape index (κ3) is 6.04. The smallest absolute Gasteiger partial charge is 0.180 e. The first-order chi connectivity index (χ1) is 30.7. The van der Waals surface area contributed by atoms with Crippen molar-refractivity contribution in [3.63, 3.8) is 0 Å². The zero-order chi connectivity index (χ0) is 41.0. The summed E-state index contributed by atoms with van der Waals surface area (Å²) in [7, 11) is 0. The molecular formula is C56H34N4O2. The fraction of sp³-hybridized carbons (Fsp3) is 0. The molecule has 0 aliphatic carbocycles. The van der Waals surface area contributed by atoms with Crippen LogP contribution in [0.3, 0.4) is 0 Å². The van der Waals surface area contributed by atoms with E-state index in [-0.39, 0.29) is 0 Å². The summed E-state index contributed by atoms with van der Waals surface area (Å²) in [5.41, 5.74) is 16.0. The molecule has 0 fully saturated rings. The Labute approximate surface area is 356 Å². The number of fused-ring (bicyclic) bond motifs is 6. The Morgan fingerprint density at radius 3 is 1.53 bits per heavy atom. The van der Waals surface area contributed by atoms with Crippen LogP contribution < -0.4 is 0 Å². The van der Waals surface area contributed by atoms with Gasteiger partial charge in [0.25, 0.3) is 0 Å². The second kappa shape index (κ2) is 14.7. The number of aromatic nitrogens is 4. The van der Waals surface area contributed by atoms with E-state index in [1.807, 2.05) is 78.9 Å². The van der Waals surface area contributed by atoms with Crippen LogP contribution in [0.1, 0.15) is 0 Å². The molecule has 0 radical (unpaired) electrons. The molecule has 8 aromatic carbocycles. The average Bonchev–Trinajstić information content (AvgIpc) is 3.92. The van der Waals surface area contributed by atoms with Crippen molar-refractivity contribution >= 4 is 44.1 Å². The zero-order valence-electron chi connectivity index (χ0n) is 33.2. The van der Waals surface area contributed by atoms with Crippen molar-refractivity contribution in [3.8, 4) is 78.7 Å². The molecule has 62 heavy (non-hydrogen) atoms. The van der Waals surface area contributed by atoms with Crippen molar-refractivity contribution in [1.29, 1.82) is 0 Å². The summed E-state index contributed by atoms with van der Waals surface area (Å²) < 4.78 is 13.3. The van der Waals surface area contributed by atoms with E-state index in [4.69, 9.17) is 28.8 Å². The van der Waals surface area contributed by atoms with Crippen LogP contribution in [0.5, 0.6) is 0 Å². The SMILES string of the molecule is c1ccc(-c2nc(-c3ccccc3-c3cccc(-c4ccc5c(c4)oc4c(-c6ccccc6)nc(-c6ccccc6-c6ccccc6)nc45)c3)c3oc4ccccc4c3n2)cc1. The maximum absolute atomic E-state index is 6.76. The lowest BCUT2D eigenvalue weighted by molar-refractivity contribution is 0.667. The summed E-state index contributed by atoms with van der Waals surface area (Å²) in [4.78, 5) is 20.7. The van der Waals surface area contributed by atoms with E-state index in [0.717, 1.165) is 100.0 Å². The van der Waals surface area contributed by atoms with E-state index in [1.165, 1.54) is 0 Å². The molecule has 0 saturated carbocycles. The predicted octanol–water partition coefficient (Wildman–Crippen LogP) is 14.7. The topological polar surface area (TPSA) is 77.8 Å². The molecule has 6 nitrogen and oxygen atoms in total. The van der Waals surface area contributed by atoms with Crippen molar-refractivity contribution in [2.75, 3.05) is 0 Å². The Morgan fingerprint density at radius 2 is 0.774 bits per heavy atom. The quantitative estimate of drug-likeness (QED) is 0.160. The Hall–Kier alpha value is -8.48. The van der Waals surface area contributed by atoms with Crippen molar-refractivity contribution in [2.45, 2.75) is 0 Å². The summed E-state index contributed by atoms with van der Waals surface area (Å²) in [5, 5.41) is 1.88. The minimum Gasteiger partial charge on any atom is -0.452 e. The van der Waals surface area contributed by atoms with Gasteiger partial charge in [-0.05, 0) is 63.7 Å². The molecule has 0 bridgehead atoms. The number of hydrogen-bond acceptors (Lipinski definition) is 6. The van der Waals surface area contributed by atoms with Gasteiger partial charge in [0.15, 0.2) is 22.8 Å². The van der Waals surface area contributed by atoms with E-state index < -0.39 is 0 Å². The highest BCUT2D eigenvalue weighted by Gasteiger charge is 2.22. The van der Waals surface area contributed by atoms with Crippen LogP contribution in [0.2, 0.25) is 0 Å².